The molecule has 4 rings (SSSR count). The van der Waals surface area contributed by atoms with Crippen LogP contribution < -0.4 is 0 Å². The maximum absolute atomic E-state index is 11.2. The van der Waals surface area contributed by atoms with Gasteiger partial charge in [-0.3, -0.25) is 0 Å². The zero-order chi connectivity index (χ0) is 17.1. The van der Waals surface area contributed by atoms with Crippen LogP contribution in [-0.2, 0) is 0 Å². The maximum atomic E-state index is 11.2. The van der Waals surface area contributed by atoms with Crippen LogP contribution >= 0.6 is 0 Å². The second-order valence-electron chi connectivity index (χ2n) is 8.73. The minimum absolute atomic E-state index is 0.186. The van der Waals surface area contributed by atoms with Gasteiger partial charge in [-0.1, -0.05) is 36.6 Å². The Balaban J connectivity index is 1.73. The molecule has 3 saturated carbocycles. The summed E-state index contributed by atoms with van der Waals surface area (Å²) in [7, 11) is 0. The first-order valence-corrected chi connectivity index (χ1v) is 9.70. The first-order valence-electron chi connectivity index (χ1n) is 9.70. The van der Waals surface area contributed by atoms with Crippen molar-refractivity contribution in [2.24, 2.45) is 29.1 Å². The van der Waals surface area contributed by atoms with Crippen molar-refractivity contribution in [1.82, 2.24) is 0 Å². The molecule has 2 nitrogen and oxygen atoms in total. The van der Waals surface area contributed by atoms with Gasteiger partial charge >= 0.3 is 0 Å². The molecule has 0 aromatic heterocycles. The fourth-order valence-electron chi connectivity index (χ4n) is 7.01. The van der Waals surface area contributed by atoms with Gasteiger partial charge in [-0.15, -0.1) is 6.42 Å². The summed E-state index contributed by atoms with van der Waals surface area (Å²) in [5.74, 6) is 4.79. The number of hydrogen-bond donors (Lipinski definition) is 2. The number of aliphatic hydroxyl groups is 2. The van der Waals surface area contributed by atoms with Gasteiger partial charge in [-0.05, 0) is 75.0 Å². The number of hydrogen-bond acceptors (Lipinski definition) is 2. The van der Waals surface area contributed by atoms with E-state index in [0.29, 0.717) is 23.7 Å². The van der Waals surface area contributed by atoms with Crippen LogP contribution in [0.3, 0.4) is 0 Å². The van der Waals surface area contributed by atoms with E-state index in [-0.39, 0.29) is 11.5 Å². The van der Waals surface area contributed by atoms with Gasteiger partial charge in [0, 0.05) is 5.41 Å². The average molecular weight is 326 g/mol. The summed E-state index contributed by atoms with van der Waals surface area (Å²) in [5, 5.41) is 21.4. The van der Waals surface area contributed by atoms with E-state index in [2.05, 4.69) is 25.5 Å². The summed E-state index contributed by atoms with van der Waals surface area (Å²) in [6.07, 6.45) is 15.5. The molecule has 24 heavy (non-hydrogen) atoms. The van der Waals surface area contributed by atoms with Gasteiger partial charge in [0.25, 0.3) is 0 Å². The van der Waals surface area contributed by atoms with E-state index in [9.17, 15) is 10.2 Å². The van der Waals surface area contributed by atoms with Crippen molar-refractivity contribution in [2.75, 3.05) is 0 Å². The first-order chi connectivity index (χ1) is 11.5. The highest BCUT2D eigenvalue weighted by molar-refractivity contribution is 5.32. The standard InChI is InChI=1S/C22H30O2/c1-4-21-13-14(3)20-17(19(21)10-11-22(21,24)5-2)9-7-15-6-8-16(23)12-18(15)20/h2,6,16-20,23-24H,3-4,7-13H2,1H3/t16?,17-,18-,19?,20?,21-,22?/m0/s1. The molecule has 0 aliphatic heterocycles. The monoisotopic (exact) mass is 326 g/mol. The van der Waals surface area contributed by atoms with Crippen LogP contribution in [0.15, 0.2) is 23.8 Å². The predicted octanol–water partition coefficient (Wildman–Crippen LogP) is 3.84. The summed E-state index contributed by atoms with van der Waals surface area (Å²) in [6, 6.07) is 0. The number of aliphatic hydroxyl groups excluding tert-OH is 1. The normalized spacial score (nSPS) is 50.3. The summed E-state index contributed by atoms with van der Waals surface area (Å²) in [5.41, 5.74) is 1.67. The smallest absolute Gasteiger partial charge is 0.131 e. The zero-order valence-corrected chi connectivity index (χ0v) is 14.8. The molecule has 0 aromatic rings. The SMILES string of the molecule is C#CC1(O)CCC2[C@@H]3CCC4=CCC(O)C[C@@H]4C3C(=C)C[C@@]21CC. The average Bonchev–Trinajstić information content (AvgIpc) is 2.88. The second kappa shape index (κ2) is 5.48. The lowest BCUT2D eigenvalue weighted by atomic mass is 9.48. The van der Waals surface area contributed by atoms with Crippen LogP contribution in [0, 0.1) is 41.4 Å². The van der Waals surface area contributed by atoms with Gasteiger partial charge in [0.15, 0.2) is 0 Å². The van der Waals surface area contributed by atoms with Crippen molar-refractivity contribution >= 4 is 0 Å². The highest BCUT2D eigenvalue weighted by Crippen LogP contribution is 2.67. The molecule has 130 valence electrons. The van der Waals surface area contributed by atoms with Gasteiger partial charge in [0.05, 0.1) is 6.10 Å². The maximum Gasteiger partial charge on any atom is 0.131 e. The number of allylic oxidation sites excluding steroid dienone is 2. The van der Waals surface area contributed by atoms with Crippen molar-refractivity contribution < 1.29 is 10.2 Å². The molecule has 0 saturated heterocycles. The van der Waals surface area contributed by atoms with Gasteiger partial charge in [0.1, 0.15) is 5.60 Å². The lowest BCUT2D eigenvalue weighted by Gasteiger charge is -2.57. The van der Waals surface area contributed by atoms with E-state index in [4.69, 9.17) is 6.42 Å². The number of rotatable bonds is 1. The second-order valence-corrected chi connectivity index (χ2v) is 8.73. The molecule has 4 aliphatic carbocycles. The minimum atomic E-state index is -0.970. The van der Waals surface area contributed by atoms with Crippen LogP contribution in [0.2, 0.25) is 0 Å². The van der Waals surface area contributed by atoms with Gasteiger partial charge < -0.3 is 10.2 Å². The Labute approximate surface area is 146 Å². The highest BCUT2D eigenvalue weighted by atomic mass is 16.3. The molecule has 4 aliphatic rings. The summed E-state index contributed by atoms with van der Waals surface area (Å²) in [6.45, 7) is 6.67. The van der Waals surface area contributed by atoms with Crippen molar-refractivity contribution in [1.29, 1.82) is 0 Å². The van der Waals surface area contributed by atoms with Crippen LogP contribution in [-0.4, -0.2) is 21.9 Å². The largest absolute Gasteiger partial charge is 0.393 e. The Morgan fingerprint density at radius 3 is 2.92 bits per heavy atom. The molecular formula is C22H30O2. The Hall–Kier alpha value is -1.04. The Kier molecular flexibility index (Phi) is 3.75. The van der Waals surface area contributed by atoms with Gasteiger partial charge in [-0.25, -0.2) is 0 Å². The molecule has 0 spiro atoms. The van der Waals surface area contributed by atoms with Crippen molar-refractivity contribution in [3.63, 3.8) is 0 Å². The van der Waals surface area contributed by atoms with Gasteiger partial charge in [0.2, 0.25) is 0 Å². The van der Waals surface area contributed by atoms with Crippen LogP contribution in [0.1, 0.15) is 58.3 Å². The molecule has 7 atom stereocenters. The Morgan fingerprint density at radius 2 is 2.21 bits per heavy atom. The van der Waals surface area contributed by atoms with Gasteiger partial charge in [-0.2, -0.15) is 0 Å². The quantitative estimate of drug-likeness (QED) is 0.568. The molecule has 0 radical (unpaired) electrons. The third-order valence-electron chi connectivity index (χ3n) is 8.07. The van der Waals surface area contributed by atoms with E-state index < -0.39 is 5.60 Å². The number of fused-ring (bicyclic) bond motifs is 5. The molecule has 2 heteroatoms. The Morgan fingerprint density at radius 1 is 1.42 bits per heavy atom. The third kappa shape index (κ3) is 1.98. The van der Waals surface area contributed by atoms with Crippen molar-refractivity contribution in [3.05, 3.63) is 23.8 Å². The van der Waals surface area contributed by atoms with Crippen LogP contribution in [0.25, 0.3) is 0 Å². The first kappa shape index (κ1) is 16.4. The van der Waals surface area contributed by atoms with E-state index in [1.165, 1.54) is 12.0 Å². The molecule has 0 amide bonds. The summed E-state index contributed by atoms with van der Waals surface area (Å²) >= 11 is 0. The molecule has 2 N–H and O–H groups in total. The summed E-state index contributed by atoms with van der Waals surface area (Å²) in [4.78, 5) is 0. The Bertz CT molecular complexity index is 626. The third-order valence-corrected chi connectivity index (χ3v) is 8.07. The predicted molar refractivity (Wildman–Crippen MR) is 96.0 cm³/mol. The van der Waals surface area contributed by atoms with E-state index in [0.717, 1.165) is 44.9 Å². The molecule has 3 fully saturated rings. The lowest BCUT2D eigenvalue weighted by Crippen LogP contribution is -2.54. The molecular weight excluding hydrogens is 296 g/mol. The van der Waals surface area contributed by atoms with E-state index in [1.807, 2.05) is 0 Å². The van der Waals surface area contributed by atoms with Crippen molar-refractivity contribution in [3.8, 4) is 12.3 Å². The number of terminal acetylenes is 1. The fourth-order valence-corrected chi connectivity index (χ4v) is 7.01. The molecule has 4 unspecified atom stereocenters. The molecule has 0 heterocycles. The van der Waals surface area contributed by atoms with E-state index in [1.54, 1.807) is 5.57 Å². The van der Waals surface area contributed by atoms with E-state index >= 15 is 0 Å². The van der Waals surface area contributed by atoms with Crippen molar-refractivity contribution in [2.45, 2.75) is 70.0 Å². The minimum Gasteiger partial charge on any atom is -0.393 e. The highest BCUT2D eigenvalue weighted by Gasteiger charge is 2.64. The molecule has 0 aromatic carbocycles. The molecule has 0 bridgehead atoms. The van der Waals surface area contributed by atoms with Crippen LogP contribution in [0.5, 0.6) is 0 Å². The van der Waals surface area contributed by atoms with Crippen LogP contribution in [0.4, 0.5) is 0 Å². The summed E-state index contributed by atoms with van der Waals surface area (Å²) < 4.78 is 0. The zero-order valence-electron chi connectivity index (χ0n) is 14.8. The fraction of sp³-hybridized carbons (Fsp3) is 0.727. The lowest BCUT2D eigenvalue weighted by molar-refractivity contribution is -0.0807. The topological polar surface area (TPSA) is 40.5 Å².